The highest BCUT2D eigenvalue weighted by atomic mass is 127. The fourth-order valence-electron chi connectivity index (χ4n) is 1.96. The average molecular weight is 340 g/mol. The van der Waals surface area contributed by atoms with Gasteiger partial charge in [-0.1, -0.05) is 12.8 Å². The second kappa shape index (κ2) is 10.1. The lowest BCUT2D eigenvalue weighted by atomic mass is 10.2. The maximum Gasteiger partial charge on any atom is 0.188 e. The maximum absolute atomic E-state index is 5.54. The number of guanidine groups is 1. The van der Waals surface area contributed by atoms with E-state index in [4.69, 9.17) is 5.73 Å². The molecule has 16 heavy (non-hydrogen) atoms. The Labute approximate surface area is 116 Å². The lowest BCUT2D eigenvalue weighted by Crippen LogP contribution is -2.34. The highest BCUT2D eigenvalue weighted by Gasteiger charge is 2.07. The van der Waals surface area contributed by atoms with Crippen LogP contribution in [0.15, 0.2) is 4.99 Å². The van der Waals surface area contributed by atoms with Gasteiger partial charge >= 0.3 is 0 Å². The third-order valence-corrected chi connectivity index (χ3v) is 2.90. The first-order valence-electron chi connectivity index (χ1n) is 6.01. The van der Waals surface area contributed by atoms with Crippen molar-refractivity contribution in [2.45, 2.75) is 32.1 Å². The van der Waals surface area contributed by atoms with Crippen LogP contribution >= 0.6 is 24.0 Å². The molecule has 1 rings (SSSR count). The van der Waals surface area contributed by atoms with Crippen molar-refractivity contribution in [2.75, 3.05) is 33.2 Å². The molecule has 0 amide bonds. The van der Waals surface area contributed by atoms with Gasteiger partial charge in [0.2, 0.25) is 0 Å². The molecule has 0 aliphatic carbocycles. The molecule has 3 N–H and O–H groups in total. The Kier molecular flexibility index (Phi) is 10.1. The molecule has 1 heterocycles. The van der Waals surface area contributed by atoms with Crippen LogP contribution < -0.4 is 11.1 Å². The van der Waals surface area contributed by atoms with Crippen LogP contribution in [0.5, 0.6) is 0 Å². The molecule has 4 nitrogen and oxygen atoms in total. The monoisotopic (exact) mass is 340 g/mol. The number of hydrogen-bond donors (Lipinski definition) is 2. The van der Waals surface area contributed by atoms with E-state index in [1.807, 2.05) is 0 Å². The lowest BCUT2D eigenvalue weighted by molar-refractivity contribution is 0.282. The van der Waals surface area contributed by atoms with Crippen molar-refractivity contribution in [1.82, 2.24) is 10.2 Å². The first kappa shape index (κ1) is 16.0. The van der Waals surface area contributed by atoms with Crippen molar-refractivity contribution in [1.29, 1.82) is 0 Å². The predicted octanol–water partition coefficient (Wildman–Crippen LogP) is 1.40. The average Bonchev–Trinajstić information content (AvgIpc) is 2.52. The Morgan fingerprint density at radius 1 is 1.25 bits per heavy atom. The van der Waals surface area contributed by atoms with E-state index in [1.165, 1.54) is 45.3 Å². The van der Waals surface area contributed by atoms with Gasteiger partial charge in [0, 0.05) is 13.6 Å². The molecule has 0 aromatic heterocycles. The van der Waals surface area contributed by atoms with E-state index in [9.17, 15) is 0 Å². The van der Waals surface area contributed by atoms with Crippen LogP contribution in [0.1, 0.15) is 32.1 Å². The fraction of sp³-hybridized carbons (Fsp3) is 0.909. The number of nitrogens with zero attached hydrogens (tertiary/aromatic N) is 2. The summed E-state index contributed by atoms with van der Waals surface area (Å²) in [6.07, 6.45) is 6.70. The minimum absolute atomic E-state index is 0. The molecule has 0 unspecified atom stereocenters. The summed E-state index contributed by atoms with van der Waals surface area (Å²) in [4.78, 5) is 6.42. The van der Waals surface area contributed by atoms with Gasteiger partial charge in [0.1, 0.15) is 0 Å². The van der Waals surface area contributed by atoms with Gasteiger partial charge in [-0.15, -0.1) is 24.0 Å². The van der Waals surface area contributed by atoms with Gasteiger partial charge in [0.25, 0.3) is 0 Å². The zero-order chi connectivity index (χ0) is 10.9. The number of rotatable bonds is 4. The third kappa shape index (κ3) is 7.27. The lowest BCUT2D eigenvalue weighted by Gasteiger charge is -2.19. The first-order chi connectivity index (χ1) is 7.33. The summed E-state index contributed by atoms with van der Waals surface area (Å²) in [6.45, 7) is 4.67. The van der Waals surface area contributed by atoms with Gasteiger partial charge in [0.05, 0.1) is 0 Å². The Hall–Kier alpha value is -0.0400. The van der Waals surface area contributed by atoms with Crippen LogP contribution in [-0.2, 0) is 0 Å². The first-order valence-corrected chi connectivity index (χ1v) is 6.01. The predicted molar refractivity (Wildman–Crippen MR) is 80.5 cm³/mol. The van der Waals surface area contributed by atoms with Gasteiger partial charge in [-0.25, -0.2) is 0 Å². The molecule has 0 aromatic carbocycles. The van der Waals surface area contributed by atoms with Crippen molar-refractivity contribution in [2.24, 2.45) is 10.7 Å². The SMILES string of the molecule is CN=C(N)NCCCN1CCCCCC1.I. The van der Waals surface area contributed by atoms with Crippen molar-refractivity contribution >= 4 is 29.9 Å². The normalized spacial score (nSPS) is 18.7. The van der Waals surface area contributed by atoms with Gasteiger partial charge in [-0.3, -0.25) is 4.99 Å². The second-order valence-electron chi connectivity index (χ2n) is 4.15. The molecule has 1 aliphatic rings. The molecular formula is C11H25IN4. The van der Waals surface area contributed by atoms with E-state index in [0.29, 0.717) is 5.96 Å². The van der Waals surface area contributed by atoms with Crippen LogP contribution in [0, 0.1) is 0 Å². The summed E-state index contributed by atoms with van der Waals surface area (Å²) in [5, 5.41) is 3.09. The van der Waals surface area contributed by atoms with Crippen molar-refractivity contribution in [3.05, 3.63) is 0 Å². The molecule has 0 atom stereocenters. The number of nitrogens with one attached hydrogen (secondary N) is 1. The number of hydrogen-bond acceptors (Lipinski definition) is 2. The largest absolute Gasteiger partial charge is 0.370 e. The van der Waals surface area contributed by atoms with E-state index in [-0.39, 0.29) is 24.0 Å². The highest BCUT2D eigenvalue weighted by molar-refractivity contribution is 14.0. The molecule has 1 aliphatic heterocycles. The van der Waals surface area contributed by atoms with Gasteiger partial charge in [-0.05, 0) is 38.9 Å². The van der Waals surface area contributed by atoms with Gasteiger partial charge in [0.15, 0.2) is 5.96 Å². The maximum atomic E-state index is 5.54. The molecule has 0 aromatic rings. The zero-order valence-electron chi connectivity index (χ0n) is 10.2. The fourth-order valence-corrected chi connectivity index (χ4v) is 1.96. The second-order valence-corrected chi connectivity index (χ2v) is 4.15. The Morgan fingerprint density at radius 2 is 1.88 bits per heavy atom. The molecular weight excluding hydrogens is 315 g/mol. The molecule has 1 saturated heterocycles. The number of likely N-dealkylation sites (tertiary alicyclic amines) is 1. The minimum atomic E-state index is 0. The zero-order valence-corrected chi connectivity index (χ0v) is 12.6. The standard InChI is InChI=1S/C11H24N4.HI/c1-13-11(12)14-7-6-10-15-8-4-2-3-5-9-15;/h2-10H2,1H3,(H3,12,13,14);1H. The topological polar surface area (TPSA) is 53.6 Å². The van der Waals surface area contributed by atoms with Crippen LogP contribution in [0.4, 0.5) is 0 Å². The van der Waals surface area contributed by atoms with Crippen molar-refractivity contribution < 1.29 is 0 Å². The van der Waals surface area contributed by atoms with Crippen LogP contribution in [0.25, 0.3) is 0 Å². The quantitative estimate of drug-likeness (QED) is 0.352. The van der Waals surface area contributed by atoms with Crippen LogP contribution in [0.2, 0.25) is 0 Å². The molecule has 5 heteroatoms. The summed E-state index contributed by atoms with van der Waals surface area (Å²) >= 11 is 0. The minimum Gasteiger partial charge on any atom is -0.370 e. The molecule has 0 saturated carbocycles. The molecule has 0 radical (unpaired) electrons. The van der Waals surface area contributed by atoms with Gasteiger partial charge < -0.3 is 16.0 Å². The summed E-state index contributed by atoms with van der Waals surface area (Å²) in [6, 6.07) is 0. The van der Waals surface area contributed by atoms with Crippen molar-refractivity contribution in [3.8, 4) is 0 Å². The van der Waals surface area contributed by atoms with E-state index in [0.717, 1.165) is 13.0 Å². The van der Waals surface area contributed by atoms with E-state index >= 15 is 0 Å². The third-order valence-electron chi connectivity index (χ3n) is 2.90. The summed E-state index contributed by atoms with van der Waals surface area (Å²) in [7, 11) is 1.71. The van der Waals surface area contributed by atoms with Crippen LogP contribution in [0.3, 0.4) is 0 Å². The molecule has 0 spiro atoms. The summed E-state index contributed by atoms with van der Waals surface area (Å²) in [5.74, 6) is 0.547. The number of halogens is 1. The van der Waals surface area contributed by atoms with Gasteiger partial charge in [-0.2, -0.15) is 0 Å². The molecule has 0 bridgehead atoms. The molecule has 1 fully saturated rings. The summed E-state index contributed by atoms with van der Waals surface area (Å²) in [5.41, 5.74) is 5.54. The van der Waals surface area contributed by atoms with Crippen molar-refractivity contribution in [3.63, 3.8) is 0 Å². The Bertz CT molecular complexity index is 188. The van der Waals surface area contributed by atoms with Crippen LogP contribution in [-0.4, -0.2) is 44.1 Å². The summed E-state index contributed by atoms with van der Waals surface area (Å²) < 4.78 is 0. The highest BCUT2D eigenvalue weighted by Crippen LogP contribution is 2.09. The van der Waals surface area contributed by atoms with E-state index in [1.54, 1.807) is 7.05 Å². The molecule has 96 valence electrons. The van der Waals surface area contributed by atoms with E-state index < -0.39 is 0 Å². The Balaban J connectivity index is 0.00000225. The van der Waals surface area contributed by atoms with E-state index in [2.05, 4.69) is 15.2 Å². The number of aliphatic imine (C=N–C) groups is 1. The Morgan fingerprint density at radius 3 is 2.44 bits per heavy atom. The smallest absolute Gasteiger partial charge is 0.188 e. The number of nitrogens with two attached hydrogens (primary N) is 1.